The number of morpholine rings is 1. The van der Waals surface area contributed by atoms with Crippen molar-refractivity contribution in [2.75, 3.05) is 63.7 Å². The fraction of sp³-hybridized carbons (Fsp3) is 0.556. The quantitative estimate of drug-likeness (QED) is 0.425. The molecule has 12 heteroatoms. The molecule has 5 rings (SSSR count). The predicted molar refractivity (Wildman–Crippen MR) is 146 cm³/mol. The lowest BCUT2D eigenvalue weighted by molar-refractivity contribution is -0.122. The number of nitrogens with zero attached hydrogens (tertiary/aromatic N) is 6. The third-order valence-electron chi connectivity index (χ3n) is 7.27. The maximum Gasteiger partial charge on any atom is 0.296 e. The molecule has 3 aromatic rings. The number of hydrogen-bond donors (Lipinski definition) is 2. The maximum absolute atomic E-state index is 14.1. The number of amides is 1. The van der Waals surface area contributed by atoms with Crippen LogP contribution in [0.5, 0.6) is 0 Å². The summed E-state index contributed by atoms with van der Waals surface area (Å²) in [4.78, 5) is 29.7. The fourth-order valence-corrected chi connectivity index (χ4v) is 5.31. The molecule has 1 saturated heterocycles. The number of hydrogen-bond acceptors (Lipinski definition) is 8. The molecule has 0 radical (unpaired) electrons. The van der Waals surface area contributed by atoms with Gasteiger partial charge in [0.2, 0.25) is 11.9 Å². The SMILES string of the molecule is CN(C)CC(=O)N[C@H]1CC[C@H](CNc2nc(N3CCOCC3)cc(-n3c(C(F)F)nc4ccccc43)n2)CC1. The number of rotatable bonds is 9. The van der Waals surface area contributed by atoms with E-state index in [1.54, 1.807) is 30.3 Å². The van der Waals surface area contributed by atoms with Gasteiger partial charge in [0.1, 0.15) is 11.6 Å². The van der Waals surface area contributed by atoms with E-state index in [1.165, 1.54) is 4.57 Å². The third kappa shape index (κ3) is 6.62. The number of carbonyl (C=O) groups is 1. The van der Waals surface area contributed by atoms with E-state index in [0.717, 1.165) is 25.7 Å². The third-order valence-corrected chi connectivity index (χ3v) is 7.27. The first-order valence-electron chi connectivity index (χ1n) is 13.5. The first-order chi connectivity index (χ1) is 18.9. The Hall–Kier alpha value is -3.38. The molecule has 1 aliphatic carbocycles. The number of likely N-dealkylation sites (N-methyl/N-ethyl adjacent to an activating group) is 1. The molecule has 0 spiro atoms. The van der Waals surface area contributed by atoms with Crippen molar-refractivity contribution < 1.29 is 18.3 Å². The topological polar surface area (TPSA) is 100 Å². The molecule has 2 aliphatic rings. The number of halogens is 2. The average Bonchev–Trinajstić information content (AvgIpc) is 3.33. The summed E-state index contributed by atoms with van der Waals surface area (Å²) in [5, 5.41) is 6.51. The van der Waals surface area contributed by atoms with Crippen molar-refractivity contribution in [1.82, 2.24) is 29.7 Å². The van der Waals surface area contributed by atoms with Crippen LogP contribution in [0.25, 0.3) is 16.9 Å². The molecule has 2 fully saturated rings. The normalized spacial score (nSPS) is 20.1. The van der Waals surface area contributed by atoms with Gasteiger partial charge in [-0.1, -0.05) is 12.1 Å². The molecule has 0 bridgehead atoms. The summed E-state index contributed by atoms with van der Waals surface area (Å²) in [6, 6.07) is 9.02. The summed E-state index contributed by atoms with van der Waals surface area (Å²) >= 11 is 0. The van der Waals surface area contributed by atoms with Crippen LogP contribution in [-0.2, 0) is 9.53 Å². The highest BCUT2D eigenvalue weighted by atomic mass is 19.3. The summed E-state index contributed by atoms with van der Waals surface area (Å²) in [6.45, 7) is 3.52. The Labute approximate surface area is 226 Å². The van der Waals surface area contributed by atoms with Crippen molar-refractivity contribution >= 4 is 28.7 Å². The van der Waals surface area contributed by atoms with Crippen LogP contribution in [0.2, 0.25) is 0 Å². The van der Waals surface area contributed by atoms with E-state index in [0.29, 0.717) is 73.9 Å². The largest absolute Gasteiger partial charge is 0.378 e. The molecule has 1 aliphatic heterocycles. The van der Waals surface area contributed by atoms with Gasteiger partial charge in [-0.05, 0) is 57.8 Å². The molecule has 10 nitrogen and oxygen atoms in total. The van der Waals surface area contributed by atoms with Crippen LogP contribution < -0.4 is 15.5 Å². The Balaban J connectivity index is 1.34. The van der Waals surface area contributed by atoms with Crippen LogP contribution in [-0.4, -0.2) is 89.9 Å². The molecule has 0 unspecified atom stereocenters. The highest BCUT2D eigenvalue weighted by Crippen LogP contribution is 2.30. The monoisotopic (exact) mass is 542 g/mol. The number of anilines is 2. The first kappa shape index (κ1) is 27.2. The van der Waals surface area contributed by atoms with Gasteiger partial charge in [-0.3, -0.25) is 9.36 Å². The van der Waals surface area contributed by atoms with Gasteiger partial charge in [-0.15, -0.1) is 0 Å². The molecule has 3 heterocycles. The number of para-hydroxylation sites is 2. The van der Waals surface area contributed by atoms with E-state index in [1.807, 2.05) is 19.0 Å². The molecular weight excluding hydrogens is 506 g/mol. The average molecular weight is 543 g/mol. The van der Waals surface area contributed by atoms with Crippen LogP contribution in [0.15, 0.2) is 30.3 Å². The first-order valence-corrected chi connectivity index (χ1v) is 13.5. The highest BCUT2D eigenvalue weighted by molar-refractivity contribution is 5.79. The zero-order valence-electron chi connectivity index (χ0n) is 22.4. The van der Waals surface area contributed by atoms with E-state index in [-0.39, 0.29) is 17.8 Å². The number of benzene rings is 1. The van der Waals surface area contributed by atoms with Gasteiger partial charge in [0.05, 0.1) is 30.8 Å². The lowest BCUT2D eigenvalue weighted by Crippen LogP contribution is -2.42. The van der Waals surface area contributed by atoms with E-state index < -0.39 is 6.43 Å². The predicted octanol–water partition coefficient (Wildman–Crippen LogP) is 3.24. The highest BCUT2D eigenvalue weighted by Gasteiger charge is 2.25. The number of nitrogens with one attached hydrogen (secondary N) is 2. The molecular formula is C27H36F2N8O2. The number of imidazole rings is 1. The summed E-state index contributed by atoms with van der Waals surface area (Å²) in [6.07, 6.45) is 1.02. The minimum Gasteiger partial charge on any atom is -0.378 e. The van der Waals surface area contributed by atoms with E-state index in [2.05, 4.69) is 25.5 Å². The van der Waals surface area contributed by atoms with Crippen molar-refractivity contribution in [2.45, 2.75) is 38.2 Å². The summed E-state index contributed by atoms with van der Waals surface area (Å²) in [5.74, 6) is 1.52. The Morgan fingerprint density at radius 2 is 1.79 bits per heavy atom. The zero-order valence-corrected chi connectivity index (χ0v) is 22.4. The van der Waals surface area contributed by atoms with E-state index in [4.69, 9.17) is 9.72 Å². The van der Waals surface area contributed by atoms with Gasteiger partial charge in [-0.2, -0.15) is 9.97 Å². The van der Waals surface area contributed by atoms with Gasteiger partial charge < -0.3 is 25.2 Å². The van der Waals surface area contributed by atoms with Crippen molar-refractivity contribution in [3.63, 3.8) is 0 Å². The lowest BCUT2D eigenvalue weighted by Gasteiger charge is -2.30. The summed E-state index contributed by atoms with van der Waals surface area (Å²) < 4.78 is 35.1. The Bertz CT molecular complexity index is 1270. The van der Waals surface area contributed by atoms with Gasteiger partial charge >= 0.3 is 0 Å². The zero-order chi connectivity index (χ0) is 27.4. The number of aromatic nitrogens is 4. The molecule has 0 atom stereocenters. The second kappa shape index (κ2) is 12.2. The Morgan fingerprint density at radius 3 is 2.51 bits per heavy atom. The van der Waals surface area contributed by atoms with Crippen LogP contribution >= 0.6 is 0 Å². The van der Waals surface area contributed by atoms with Crippen LogP contribution in [0.4, 0.5) is 20.5 Å². The maximum atomic E-state index is 14.1. The Kier molecular flexibility index (Phi) is 8.51. The number of fused-ring (bicyclic) bond motifs is 1. The van der Waals surface area contributed by atoms with Crippen LogP contribution in [0, 0.1) is 5.92 Å². The minimum atomic E-state index is -2.76. The van der Waals surface area contributed by atoms with E-state index >= 15 is 0 Å². The molecule has 2 N–H and O–H groups in total. The van der Waals surface area contributed by atoms with Crippen molar-refractivity contribution in [2.24, 2.45) is 5.92 Å². The molecule has 1 amide bonds. The molecule has 2 aromatic heterocycles. The van der Waals surface area contributed by atoms with Crippen molar-refractivity contribution in [3.8, 4) is 5.82 Å². The smallest absolute Gasteiger partial charge is 0.296 e. The second-order valence-corrected chi connectivity index (χ2v) is 10.5. The number of carbonyl (C=O) groups excluding carboxylic acids is 1. The fourth-order valence-electron chi connectivity index (χ4n) is 5.31. The number of ether oxygens (including phenoxy) is 1. The molecule has 39 heavy (non-hydrogen) atoms. The molecule has 210 valence electrons. The van der Waals surface area contributed by atoms with Gasteiger partial charge in [-0.25, -0.2) is 13.8 Å². The van der Waals surface area contributed by atoms with Gasteiger partial charge in [0.15, 0.2) is 5.82 Å². The van der Waals surface area contributed by atoms with Crippen molar-refractivity contribution in [1.29, 1.82) is 0 Å². The van der Waals surface area contributed by atoms with Gasteiger partial charge in [0, 0.05) is 31.7 Å². The second-order valence-electron chi connectivity index (χ2n) is 10.5. The van der Waals surface area contributed by atoms with E-state index in [9.17, 15) is 13.6 Å². The minimum absolute atomic E-state index is 0.0534. The Morgan fingerprint density at radius 1 is 1.08 bits per heavy atom. The summed E-state index contributed by atoms with van der Waals surface area (Å²) in [5.41, 5.74) is 1.06. The van der Waals surface area contributed by atoms with Gasteiger partial charge in [0.25, 0.3) is 6.43 Å². The molecule has 1 aromatic carbocycles. The van der Waals surface area contributed by atoms with Crippen LogP contribution in [0.1, 0.15) is 37.9 Å². The summed E-state index contributed by atoms with van der Waals surface area (Å²) in [7, 11) is 3.76. The van der Waals surface area contributed by atoms with Crippen molar-refractivity contribution in [3.05, 3.63) is 36.2 Å². The standard InChI is InChI=1S/C27H36F2N8O2/c1-35(2)17-24(38)31-19-9-7-18(8-10-19)16-30-27-33-22(36-11-13-39-14-12-36)15-23(34-27)37-21-6-4-3-5-20(21)32-26(37)25(28)29/h3-6,15,18-19,25H,7-14,16-17H2,1-2H3,(H,31,38)(H,30,33,34)/t18-,19-. The lowest BCUT2D eigenvalue weighted by atomic mass is 9.86. The van der Waals surface area contributed by atoms with Crippen LogP contribution in [0.3, 0.4) is 0 Å². The number of alkyl halides is 2. The molecule has 1 saturated carbocycles.